The second kappa shape index (κ2) is 6.45. The van der Waals surface area contributed by atoms with E-state index in [1.165, 1.54) is 0 Å². The average molecular weight is 278 g/mol. The second-order valence-electron chi connectivity index (χ2n) is 4.04. The van der Waals surface area contributed by atoms with E-state index >= 15 is 0 Å². The normalized spacial score (nSPS) is 10.3. The van der Waals surface area contributed by atoms with Crippen LogP contribution < -0.4 is 15.2 Å². The van der Waals surface area contributed by atoms with Gasteiger partial charge in [0.15, 0.2) is 11.5 Å². The van der Waals surface area contributed by atoms with Crippen molar-refractivity contribution in [2.75, 3.05) is 13.7 Å². The lowest BCUT2D eigenvalue weighted by Crippen LogP contribution is -2.04. The molecule has 0 radical (unpaired) electrons. The summed E-state index contributed by atoms with van der Waals surface area (Å²) in [6, 6.07) is 13.0. The minimum Gasteiger partial charge on any atom is -0.493 e. The summed E-state index contributed by atoms with van der Waals surface area (Å²) >= 11 is 6.01. The van der Waals surface area contributed by atoms with Crippen molar-refractivity contribution in [1.82, 2.24) is 0 Å². The molecule has 0 aliphatic heterocycles. The number of hydrogen-bond donors (Lipinski definition) is 1. The van der Waals surface area contributed by atoms with Crippen molar-refractivity contribution >= 4 is 11.6 Å². The molecule has 0 atom stereocenters. The first kappa shape index (κ1) is 13.7. The van der Waals surface area contributed by atoms with Gasteiger partial charge in [-0.3, -0.25) is 0 Å². The zero-order chi connectivity index (χ0) is 13.7. The molecule has 0 saturated carbocycles. The van der Waals surface area contributed by atoms with Crippen molar-refractivity contribution in [2.45, 2.75) is 6.42 Å². The molecule has 2 aromatic rings. The van der Waals surface area contributed by atoms with Gasteiger partial charge in [-0.2, -0.15) is 0 Å². The van der Waals surface area contributed by atoms with Crippen molar-refractivity contribution in [3.8, 4) is 17.2 Å². The highest BCUT2D eigenvalue weighted by Gasteiger charge is 2.09. The van der Waals surface area contributed by atoms with E-state index in [2.05, 4.69) is 0 Å². The SMILES string of the molecule is COc1ccccc1Oc1cc(Cl)ccc1CCN. The first-order valence-corrected chi connectivity index (χ1v) is 6.41. The molecule has 0 spiro atoms. The highest BCUT2D eigenvalue weighted by molar-refractivity contribution is 6.30. The number of halogens is 1. The minimum absolute atomic E-state index is 0.559. The molecule has 0 aliphatic carbocycles. The maximum atomic E-state index is 6.01. The highest BCUT2D eigenvalue weighted by Crippen LogP contribution is 2.34. The van der Waals surface area contributed by atoms with Crippen LogP contribution in [0.15, 0.2) is 42.5 Å². The van der Waals surface area contributed by atoms with Gasteiger partial charge in [0.1, 0.15) is 5.75 Å². The molecule has 100 valence electrons. The van der Waals surface area contributed by atoms with E-state index in [4.69, 9.17) is 26.8 Å². The van der Waals surface area contributed by atoms with Crippen LogP contribution in [0, 0.1) is 0 Å². The van der Waals surface area contributed by atoms with Crippen LogP contribution in [0.3, 0.4) is 0 Å². The Hall–Kier alpha value is -1.71. The van der Waals surface area contributed by atoms with Gasteiger partial charge in [-0.05, 0) is 42.8 Å². The fourth-order valence-electron chi connectivity index (χ4n) is 1.81. The Morgan fingerprint density at radius 3 is 2.47 bits per heavy atom. The van der Waals surface area contributed by atoms with Gasteiger partial charge in [-0.15, -0.1) is 0 Å². The summed E-state index contributed by atoms with van der Waals surface area (Å²) in [6.45, 7) is 0.559. The predicted molar refractivity (Wildman–Crippen MR) is 77.3 cm³/mol. The van der Waals surface area contributed by atoms with Crippen LogP contribution in [-0.4, -0.2) is 13.7 Å². The minimum atomic E-state index is 0.559. The number of para-hydroxylation sites is 2. The Morgan fingerprint density at radius 1 is 1.05 bits per heavy atom. The number of ether oxygens (including phenoxy) is 2. The van der Waals surface area contributed by atoms with E-state index in [9.17, 15) is 0 Å². The first-order valence-electron chi connectivity index (χ1n) is 6.04. The summed E-state index contributed by atoms with van der Waals surface area (Å²) in [5.41, 5.74) is 6.63. The average Bonchev–Trinajstić information content (AvgIpc) is 2.42. The van der Waals surface area contributed by atoms with Crippen molar-refractivity contribution in [2.24, 2.45) is 5.73 Å². The van der Waals surface area contributed by atoms with Crippen LogP contribution in [0.5, 0.6) is 17.2 Å². The van der Waals surface area contributed by atoms with E-state index in [1.54, 1.807) is 13.2 Å². The van der Waals surface area contributed by atoms with E-state index < -0.39 is 0 Å². The van der Waals surface area contributed by atoms with Gasteiger partial charge >= 0.3 is 0 Å². The van der Waals surface area contributed by atoms with Gasteiger partial charge in [0, 0.05) is 5.02 Å². The highest BCUT2D eigenvalue weighted by atomic mass is 35.5. The standard InChI is InChI=1S/C15H16ClNO2/c1-18-13-4-2-3-5-14(13)19-15-10-12(16)7-6-11(15)8-9-17/h2-7,10H,8-9,17H2,1H3. The molecule has 2 aromatic carbocycles. The fraction of sp³-hybridized carbons (Fsp3) is 0.200. The van der Waals surface area contributed by atoms with Gasteiger partial charge < -0.3 is 15.2 Å². The number of hydrogen-bond acceptors (Lipinski definition) is 3. The Morgan fingerprint density at radius 2 is 1.79 bits per heavy atom. The van der Waals surface area contributed by atoms with Gasteiger partial charge in [-0.25, -0.2) is 0 Å². The Kier molecular flexibility index (Phi) is 4.66. The van der Waals surface area contributed by atoms with Crippen LogP contribution in [-0.2, 0) is 6.42 Å². The van der Waals surface area contributed by atoms with E-state index in [0.29, 0.717) is 28.8 Å². The number of rotatable bonds is 5. The van der Waals surface area contributed by atoms with Crippen LogP contribution in [0.1, 0.15) is 5.56 Å². The summed E-state index contributed by atoms with van der Waals surface area (Å²) in [5, 5.41) is 0.630. The first-order chi connectivity index (χ1) is 9.24. The summed E-state index contributed by atoms with van der Waals surface area (Å²) in [7, 11) is 1.61. The zero-order valence-electron chi connectivity index (χ0n) is 10.7. The molecule has 19 heavy (non-hydrogen) atoms. The van der Waals surface area contributed by atoms with Gasteiger partial charge in [0.2, 0.25) is 0 Å². The third kappa shape index (κ3) is 3.40. The number of benzene rings is 2. The molecule has 0 aromatic heterocycles. The third-order valence-electron chi connectivity index (χ3n) is 2.73. The quantitative estimate of drug-likeness (QED) is 0.907. The summed E-state index contributed by atoms with van der Waals surface area (Å²) in [5.74, 6) is 2.05. The number of methoxy groups -OCH3 is 1. The predicted octanol–water partition coefficient (Wildman–Crippen LogP) is 3.64. The molecular weight excluding hydrogens is 262 g/mol. The molecule has 2 N–H and O–H groups in total. The summed E-state index contributed by atoms with van der Waals surface area (Å²) < 4.78 is 11.2. The Balaban J connectivity index is 2.34. The molecule has 0 fully saturated rings. The Bertz CT molecular complexity index is 558. The van der Waals surface area contributed by atoms with Crippen molar-refractivity contribution in [3.05, 3.63) is 53.1 Å². The van der Waals surface area contributed by atoms with Crippen molar-refractivity contribution in [3.63, 3.8) is 0 Å². The van der Waals surface area contributed by atoms with Crippen LogP contribution >= 0.6 is 11.6 Å². The largest absolute Gasteiger partial charge is 0.493 e. The molecule has 2 rings (SSSR count). The lowest BCUT2D eigenvalue weighted by atomic mass is 10.1. The van der Waals surface area contributed by atoms with Crippen LogP contribution in [0.2, 0.25) is 5.02 Å². The summed E-state index contributed by atoms with van der Waals surface area (Å²) in [4.78, 5) is 0. The fourth-order valence-corrected chi connectivity index (χ4v) is 1.97. The van der Waals surface area contributed by atoms with E-state index in [-0.39, 0.29) is 0 Å². The monoisotopic (exact) mass is 277 g/mol. The lowest BCUT2D eigenvalue weighted by molar-refractivity contribution is 0.377. The van der Waals surface area contributed by atoms with E-state index in [0.717, 1.165) is 12.0 Å². The van der Waals surface area contributed by atoms with Gasteiger partial charge in [0.25, 0.3) is 0 Å². The van der Waals surface area contributed by atoms with E-state index in [1.807, 2.05) is 36.4 Å². The van der Waals surface area contributed by atoms with Crippen LogP contribution in [0.4, 0.5) is 0 Å². The smallest absolute Gasteiger partial charge is 0.169 e. The summed E-state index contributed by atoms with van der Waals surface area (Å²) in [6.07, 6.45) is 0.738. The zero-order valence-corrected chi connectivity index (χ0v) is 11.5. The molecule has 3 nitrogen and oxygen atoms in total. The van der Waals surface area contributed by atoms with Gasteiger partial charge in [-0.1, -0.05) is 29.8 Å². The molecule has 0 unspecified atom stereocenters. The second-order valence-corrected chi connectivity index (χ2v) is 4.48. The third-order valence-corrected chi connectivity index (χ3v) is 2.97. The van der Waals surface area contributed by atoms with Gasteiger partial charge in [0.05, 0.1) is 7.11 Å². The molecular formula is C15H16ClNO2. The molecule has 0 aliphatic rings. The van der Waals surface area contributed by atoms with Crippen molar-refractivity contribution in [1.29, 1.82) is 0 Å². The van der Waals surface area contributed by atoms with Crippen molar-refractivity contribution < 1.29 is 9.47 Å². The maximum Gasteiger partial charge on any atom is 0.169 e. The number of nitrogens with two attached hydrogens (primary N) is 1. The molecule has 4 heteroatoms. The van der Waals surface area contributed by atoms with Crippen LogP contribution in [0.25, 0.3) is 0 Å². The molecule has 0 amide bonds. The topological polar surface area (TPSA) is 44.5 Å². The molecule has 0 saturated heterocycles. The maximum absolute atomic E-state index is 6.01. The Labute approximate surface area is 117 Å². The molecule has 0 heterocycles. The molecule has 0 bridgehead atoms. The lowest BCUT2D eigenvalue weighted by Gasteiger charge is -2.13.